The van der Waals surface area contributed by atoms with Gasteiger partial charge in [0.1, 0.15) is 5.75 Å². The first-order valence-electron chi connectivity index (χ1n) is 11.0. The van der Waals surface area contributed by atoms with Crippen molar-refractivity contribution in [1.82, 2.24) is 4.90 Å². The van der Waals surface area contributed by atoms with Crippen LogP contribution in [0.1, 0.15) is 24.0 Å². The van der Waals surface area contributed by atoms with Gasteiger partial charge >= 0.3 is 0 Å². The van der Waals surface area contributed by atoms with E-state index in [0.717, 1.165) is 57.1 Å². The molecule has 0 atom stereocenters. The molecule has 0 radical (unpaired) electrons. The van der Waals surface area contributed by atoms with Crippen LogP contribution in [0.2, 0.25) is 0 Å². The highest BCUT2D eigenvalue weighted by molar-refractivity contribution is 14.0. The first-order valence-corrected chi connectivity index (χ1v) is 11.0. The van der Waals surface area contributed by atoms with E-state index in [2.05, 4.69) is 50.4 Å². The zero-order valence-corrected chi connectivity index (χ0v) is 20.7. The lowest BCUT2D eigenvalue weighted by atomic mass is 10.1. The Morgan fingerprint density at radius 1 is 1.03 bits per heavy atom. The lowest BCUT2D eigenvalue weighted by Gasteiger charge is -2.36. The Bertz CT molecular complexity index is 863. The van der Waals surface area contributed by atoms with Gasteiger partial charge in [-0.05, 0) is 73.2 Å². The second-order valence-electron chi connectivity index (χ2n) is 8.11. The summed E-state index contributed by atoms with van der Waals surface area (Å²) >= 11 is 0. The zero-order valence-electron chi connectivity index (χ0n) is 18.3. The largest absolute Gasteiger partial charge is 0.497 e. The standard InChI is InChI=1S/C24H33N5O.HI/c1-30-23-10-8-22(9-11-23)29-16-14-28(15-17-29)13-3-12-26-24(25)27-21-7-6-19-4-2-5-20(19)18-21;/h6-11,18H,2-5,12-17H2,1H3,(H3,25,26,27);1H. The van der Waals surface area contributed by atoms with Gasteiger partial charge in [0.2, 0.25) is 0 Å². The van der Waals surface area contributed by atoms with Crippen LogP contribution in [0.3, 0.4) is 0 Å². The number of rotatable bonds is 7. The fourth-order valence-corrected chi connectivity index (χ4v) is 4.35. The molecule has 1 aliphatic heterocycles. The van der Waals surface area contributed by atoms with Gasteiger partial charge < -0.3 is 20.7 Å². The van der Waals surface area contributed by atoms with E-state index in [9.17, 15) is 0 Å². The monoisotopic (exact) mass is 535 g/mol. The molecule has 2 aliphatic rings. The van der Waals surface area contributed by atoms with Crippen LogP contribution in [0.5, 0.6) is 5.75 Å². The Balaban J connectivity index is 0.00000272. The first kappa shape index (κ1) is 23.7. The molecule has 0 unspecified atom stereocenters. The van der Waals surface area contributed by atoms with E-state index >= 15 is 0 Å². The summed E-state index contributed by atoms with van der Waals surface area (Å²) in [7, 11) is 1.70. The fourth-order valence-electron chi connectivity index (χ4n) is 4.35. The van der Waals surface area contributed by atoms with Crippen molar-refractivity contribution in [1.29, 1.82) is 0 Å². The molecule has 3 N–H and O–H groups in total. The normalized spacial score (nSPS) is 16.5. The molecule has 1 aliphatic carbocycles. The minimum atomic E-state index is 0. The topological polar surface area (TPSA) is 66.1 Å². The number of piperazine rings is 1. The molecule has 0 aromatic heterocycles. The summed E-state index contributed by atoms with van der Waals surface area (Å²) in [5.74, 6) is 1.42. The summed E-state index contributed by atoms with van der Waals surface area (Å²) in [6, 6.07) is 14.9. The number of methoxy groups -OCH3 is 1. The summed E-state index contributed by atoms with van der Waals surface area (Å²) < 4.78 is 5.25. The zero-order chi connectivity index (χ0) is 20.8. The van der Waals surface area contributed by atoms with E-state index in [4.69, 9.17) is 10.5 Å². The second-order valence-corrected chi connectivity index (χ2v) is 8.11. The molecule has 6 nitrogen and oxygen atoms in total. The van der Waals surface area contributed by atoms with E-state index in [1.54, 1.807) is 7.11 Å². The number of ether oxygens (including phenoxy) is 1. The second kappa shape index (κ2) is 11.6. The van der Waals surface area contributed by atoms with Crippen molar-refractivity contribution >= 4 is 41.3 Å². The number of hydrogen-bond acceptors (Lipinski definition) is 4. The van der Waals surface area contributed by atoms with Crippen molar-refractivity contribution in [2.75, 3.05) is 56.6 Å². The summed E-state index contributed by atoms with van der Waals surface area (Å²) in [4.78, 5) is 9.46. The number of hydrogen-bond donors (Lipinski definition) is 2. The minimum absolute atomic E-state index is 0. The summed E-state index contributed by atoms with van der Waals surface area (Å²) in [5.41, 5.74) is 11.3. The SMILES string of the molecule is COc1ccc(N2CCN(CCCN=C(N)Nc3ccc4c(c3)CCC4)CC2)cc1.I. The molecule has 2 aromatic rings. The van der Waals surface area contributed by atoms with Gasteiger partial charge in [0.15, 0.2) is 5.96 Å². The van der Waals surface area contributed by atoms with Crippen LogP contribution < -0.4 is 20.7 Å². The number of aliphatic imine (C=N–C) groups is 1. The van der Waals surface area contributed by atoms with E-state index in [-0.39, 0.29) is 24.0 Å². The summed E-state index contributed by atoms with van der Waals surface area (Å²) in [6.45, 7) is 6.08. The predicted molar refractivity (Wildman–Crippen MR) is 140 cm³/mol. The van der Waals surface area contributed by atoms with Crippen LogP contribution in [0, 0.1) is 0 Å². The number of benzene rings is 2. The number of nitrogens with zero attached hydrogens (tertiary/aromatic N) is 3. The number of nitrogens with one attached hydrogen (secondary N) is 1. The molecule has 1 heterocycles. The maximum Gasteiger partial charge on any atom is 0.193 e. The van der Waals surface area contributed by atoms with Crippen LogP contribution in [0.15, 0.2) is 47.5 Å². The number of nitrogens with two attached hydrogens (primary N) is 1. The smallest absolute Gasteiger partial charge is 0.193 e. The number of aryl methyl sites for hydroxylation is 2. The van der Waals surface area contributed by atoms with Gasteiger partial charge in [-0.3, -0.25) is 9.89 Å². The van der Waals surface area contributed by atoms with E-state index < -0.39 is 0 Å². The van der Waals surface area contributed by atoms with Crippen LogP contribution in [-0.4, -0.2) is 57.2 Å². The lowest BCUT2D eigenvalue weighted by Crippen LogP contribution is -2.46. The Kier molecular flexibility index (Phi) is 8.83. The number of halogens is 1. The Hall–Kier alpha value is -2.00. The third-order valence-electron chi connectivity index (χ3n) is 6.10. The molecule has 0 amide bonds. The lowest BCUT2D eigenvalue weighted by molar-refractivity contribution is 0.256. The van der Waals surface area contributed by atoms with Gasteiger partial charge in [-0.1, -0.05) is 6.07 Å². The van der Waals surface area contributed by atoms with Crippen LogP contribution in [0.4, 0.5) is 11.4 Å². The molecule has 2 aromatic carbocycles. The van der Waals surface area contributed by atoms with E-state index in [1.165, 1.54) is 36.1 Å². The highest BCUT2D eigenvalue weighted by Crippen LogP contribution is 2.25. The van der Waals surface area contributed by atoms with Gasteiger partial charge in [-0.15, -0.1) is 24.0 Å². The average Bonchev–Trinajstić information content (AvgIpc) is 3.25. The molecular formula is C24H34IN5O. The maximum absolute atomic E-state index is 6.08. The molecule has 0 bridgehead atoms. The Morgan fingerprint density at radius 3 is 2.52 bits per heavy atom. The highest BCUT2D eigenvalue weighted by atomic mass is 127. The molecule has 1 saturated heterocycles. The van der Waals surface area contributed by atoms with Gasteiger partial charge in [0, 0.05) is 50.6 Å². The number of fused-ring (bicyclic) bond motifs is 1. The van der Waals surface area contributed by atoms with Crippen molar-refractivity contribution in [3.05, 3.63) is 53.6 Å². The Labute approximate surface area is 202 Å². The highest BCUT2D eigenvalue weighted by Gasteiger charge is 2.16. The van der Waals surface area contributed by atoms with Gasteiger partial charge in [-0.2, -0.15) is 0 Å². The van der Waals surface area contributed by atoms with Crippen LogP contribution >= 0.6 is 24.0 Å². The average molecular weight is 535 g/mol. The quantitative estimate of drug-likeness (QED) is 0.245. The molecule has 7 heteroatoms. The predicted octanol–water partition coefficient (Wildman–Crippen LogP) is 3.74. The summed E-state index contributed by atoms with van der Waals surface area (Å²) in [5, 5.41) is 3.24. The molecule has 0 saturated carbocycles. The number of anilines is 2. The minimum Gasteiger partial charge on any atom is -0.497 e. The third kappa shape index (κ3) is 6.49. The first-order chi connectivity index (χ1) is 14.7. The summed E-state index contributed by atoms with van der Waals surface area (Å²) in [6.07, 6.45) is 4.66. The van der Waals surface area contributed by atoms with Crippen molar-refractivity contribution in [3.63, 3.8) is 0 Å². The van der Waals surface area contributed by atoms with Crippen molar-refractivity contribution in [3.8, 4) is 5.75 Å². The fraction of sp³-hybridized carbons (Fsp3) is 0.458. The van der Waals surface area contributed by atoms with Crippen molar-refractivity contribution < 1.29 is 4.74 Å². The third-order valence-corrected chi connectivity index (χ3v) is 6.10. The Morgan fingerprint density at radius 2 is 1.77 bits per heavy atom. The van der Waals surface area contributed by atoms with Gasteiger partial charge in [-0.25, -0.2) is 0 Å². The van der Waals surface area contributed by atoms with Crippen molar-refractivity contribution in [2.24, 2.45) is 10.7 Å². The molecule has 0 spiro atoms. The van der Waals surface area contributed by atoms with Crippen LogP contribution in [0.25, 0.3) is 0 Å². The molecule has 31 heavy (non-hydrogen) atoms. The molecule has 1 fully saturated rings. The van der Waals surface area contributed by atoms with Crippen molar-refractivity contribution in [2.45, 2.75) is 25.7 Å². The van der Waals surface area contributed by atoms with E-state index in [0.29, 0.717) is 5.96 Å². The molecule has 4 rings (SSSR count). The van der Waals surface area contributed by atoms with E-state index in [1.807, 2.05) is 12.1 Å². The maximum atomic E-state index is 6.08. The number of guanidine groups is 1. The van der Waals surface area contributed by atoms with Crippen LogP contribution in [-0.2, 0) is 12.8 Å². The molecule has 168 valence electrons. The van der Waals surface area contributed by atoms with Gasteiger partial charge in [0.05, 0.1) is 7.11 Å². The molecular weight excluding hydrogens is 501 g/mol. The van der Waals surface area contributed by atoms with Gasteiger partial charge in [0.25, 0.3) is 0 Å².